The van der Waals surface area contributed by atoms with Gasteiger partial charge >= 0.3 is 6.09 Å². The number of benzene rings is 1. The maximum atomic E-state index is 11.9. The summed E-state index contributed by atoms with van der Waals surface area (Å²) in [7, 11) is 1.46. The van der Waals surface area contributed by atoms with Crippen molar-refractivity contribution in [1.82, 2.24) is 20.9 Å². The normalized spacial score (nSPS) is 11.4. The summed E-state index contributed by atoms with van der Waals surface area (Å²) in [5.41, 5.74) is 6.59. The summed E-state index contributed by atoms with van der Waals surface area (Å²) in [6.07, 6.45) is -0.0768. The Balaban J connectivity index is 2.15. The van der Waals surface area contributed by atoms with Crippen molar-refractivity contribution in [2.45, 2.75) is 32.9 Å². The lowest BCUT2D eigenvalue weighted by Crippen LogP contribution is -2.46. The number of ether oxygens (including phenoxy) is 1. The third-order valence-corrected chi connectivity index (χ3v) is 4.15. The van der Waals surface area contributed by atoms with Crippen LogP contribution in [0, 0.1) is 5.92 Å². The van der Waals surface area contributed by atoms with Gasteiger partial charge in [-0.05, 0) is 17.9 Å². The maximum absolute atomic E-state index is 11.9. The first kappa shape index (κ1) is 25.9. The zero-order valence-electron chi connectivity index (χ0n) is 18.3. The molecule has 0 radical (unpaired) electrons. The second-order valence-electron chi connectivity index (χ2n) is 7.55. The van der Waals surface area contributed by atoms with Gasteiger partial charge in [-0.1, -0.05) is 44.2 Å². The molecule has 0 unspecified atom stereocenters. The minimum Gasteiger partial charge on any atom is -0.445 e. The van der Waals surface area contributed by atoms with E-state index in [0.29, 0.717) is 6.42 Å². The van der Waals surface area contributed by atoms with Gasteiger partial charge in [-0.3, -0.25) is 14.4 Å². The van der Waals surface area contributed by atoms with Crippen molar-refractivity contribution in [3.8, 4) is 0 Å². The third-order valence-electron chi connectivity index (χ3n) is 4.15. The lowest BCUT2D eigenvalue weighted by molar-refractivity contribution is -0.127. The van der Waals surface area contributed by atoms with Crippen LogP contribution in [0.5, 0.6) is 0 Å². The summed E-state index contributed by atoms with van der Waals surface area (Å²) >= 11 is 0. The van der Waals surface area contributed by atoms with Crippen LogP contribution in [0.2, 0.25) is 0 Å². The number of rotatable bonds is 12. The number of carbonyl (C=O) groups excluding carboxylic acids is 4. The van der Waals surface area contributed by atoms with Gasteiger partial charge in [0.2, 0.25) is 17.7 Å². The number of hydrogen-bond donors (Lipinski definition) is 4. The van der Waals surface area contributed by atoms with E-state index in [-0.39, 0.29) is 56.4 Å². The fourth-order valence-corrected chi connectivity index (χ4v) is 2.55. The van der Waals surface area contributed by atoms with E-state index in [2.05, 4.69) is 16.0 Å². The Kier molecular flexibility index (Phi) is 11.7. The second kappa shape index (κ2) is 14.0. The van der Waals surface area contributed by atoms with Crippen molar-refractivity contribution in [2.24, 2.45) is 11.7 Å². The van der Waals surface area contributed by atoms with Crippen LogP contribution >= 0.6 is 0 Å². The van der Waals surface area contributed by atoms with Crippen LogP contribution < -0.4 is 21.7 Å². The number of hydrogen-bond acceptors (Lipinski definition) is 6. The monoisotopic (exact) mass is 435 g/mol. The lowest BCUT2D eigenvalue weighted by atomic mass is 10.0. The summed E-state index contributed by atoms with van der Waals surface area (Å²) in [4.78, 5) is 48.5. The van der Waals surface area contributed by atoms with E-state index in [9.17, 15) is 19.2 Å². The molecule has 1 aromatic rings. The molecule has 0 saturated heterocycles. The van der Waals surface area contributed by atoms with Crippen molar-refractivity contribution in [3.05, 3.63) is 35.9 Å². The topological polar surface area (TPSA) is 143 Å². The summed E-state index contributed by atoms with van der Waals surface area (Å²) < 4.78 is 5.14. The minimum absolute atomic E-state index is 0.122. The SMILES string of the molecule is CC(C)C[C@H](N)C(=O)NCC(=O)NCCNC(=O)CN(C)C(=O)OCc1ccccc1. The lowest BCUT2D eigenvalue weighted by Gasteiger charge is -2.17. The Hall–Kier alpha value is -3.14. The van der Waals surface area contributed by atoms with E-state index >= 15 is 0 Å². The third kappa shape index (κ3) is 11.6. The molecule has 4 amide bonds. The zero-order valence-corrected chi connectivity index (χ0v) is 18.3. The number of nitrogens with one attached hydrogen (secondary N) is 3. The van der Waals surface area contributed by atoms with Crippen LogP contribution in [0.25, 0.3) is 0 Å². The van der Waals surface area contributed by atoms with Gasteiger partial charge in [0.05, 0.1) is 12.6 Å². The molecule has 10 heteroatoms. The van der Waals surface area contributed by atoms with E-state index in [4.69, 9.17) is 10.5 Å². The molecule has 0 aliphatic rings. The van der Waals surface area contributed by atoms with Crippen molar-refractivity contribution in [2.75, 3.05) is 33.2 Å². The molecule has 0 fully saturated rings. The number of nitrogens with two attached hydrogens (primary N) is 1. The highest BCUT2D eigenvalue weighted by atomic mass is 16.6. The molecular weight excluding hydrogens is 402 g/mol. The van der Waals surface area contributed by atoms with Gasteiger partial charge in [0.1, 0.15) is 13.2 Å². The molecule has 5 N–H and O–H groups in total. The molecule has 0 spiro atoms. The first-order chi connectivity index (χ1) is 14.7. The van der Waals surface area contributed by atoms with E-state index in [1.165, 1.54) is 7.05 Å². The summed E-state index contributed by atoms with van der Waals surface area (Å²) in [6, 6.07) is 8.57. The van der Waals surface area contributed by atoms with Crippen molar-refractivity contribution < 1.29 is 23.9 Å². The standard InChI is InChI=1S/C21H33N5O5/c1-15(2)11-17(22)20(29)25-12-18(27)23-9-10-24-19(28)13-26(3)21(30)31-14-16-7-5-4-6-8-16/h4-8,15,17H,9-14,22H2,1-3H3,(H,23,27)(H,24,28)(H,25,29)/t17-/m0/s1. The highest BCUT2D eigenvalue weighted by Crippen LogP contribution is 2.03. The molecule has 1 aromatic carbocycles. The fourth-order valence-electron chi connectivity index (χ4n) is 2.55. The molecule has 0 heterocycles. The van der Waals surface area contributed by atoms with Gasteiger partial charge in [-0.2, -0.15) is 0 Å². The molecule has 0 aromatic heterocycles. The van der Waals surface area contributed by atoms with Crippen LogP contribution in [0.3, 0.4) is 0 Å². The quantitative estimate of drug-likeness (QED) is 0.340. The van der Waals surface area contributed by atoms with Crippen LogP contribution in [0.1, 0.15) is 25.8 Å². The van der Waals surface area contributed by atoms with E-state index in [1.54, 1.807) is 0 Å². The smallest absolute Gasteiger partial charge is 0.410 e. The van der Waals surface area contributed by atoms with Crippen molar-refractivity contribution >= 4 is 23.8 Å². The molecule has 0 saturated carbocycles. The van der Waals surface area contributed by atoms with Gasteiger partial charge < -0.3 is 31.3 Å². The number of carbonyl (C=O) groups is 4. The van der Waals surface area contributed by atoms with E-state index < -0.39 is 12.1 Å². The van der Waals surface area contributed by atoms with Gasteiger partial charge in [0.25, 0.3) is 0 Å². The van der Waals surface area contributed by atoms with Crippen molar-refractivity contribution in [1.29, 1.82) is 0 Å². The Morgan fingerprint density at radius 2 is 1.61 bits per heavy atom. The number of nitrogens with zero attached hydrogens (tertiary/aromatic N) is 1. The summed E-state index contributed by atoms with van der Waals surface area (Å²) in [6.45, 7) is 4.04. The van der Waals surface area contributed by atoms with Crippen molar-refractivity contribution in [3.63, 3.8) is 0 Å². The van der Waals surface area contributed by atoms with Gasteiger partial charge in [0.15, 0.2) is 0 Å². The average molecular weight is 436 g/mol. The molecular formula is C21H33N5O5. The molecule has 10 nitrogen and oxygen atoms in total. The molecule has 0 aliphatic heterocycles. The highest BCUT2D eigenvalue weighted by molar-refractivity contribution is 5.87. The van der Waals surface area contributed by atoms with Crippen LogP contribution in [-0.4, -0.2) is 68.0 Å². The van der Waals surface area contributed by atoms with E-state index in [1.807, 2.05) is 44.2 Å². The maximum Gasteiger partial charge on any atom is 0.410 e. The Morgan fingerprint density at radius 3 is 2.23 bits per heavy atom. The molecule has 172 valence electrons. The van der Waals surface area contributed by atoms with Gasteiger partial charge in [-0.15, -0.1) is 0 Å². The predicted octanol–water partition coefficient (Wildman–Crippen LogP) is -0.0230. The second-order valence-corrected chi connectivity index (χ2v) is 7.55. The van der Waals surface area contributed by atoms with Gasteiger partial charge in [-0.25, -0.2) is 4.79 Å². The summed E-state index contributed by atoms with van der Waals surface area (Å²) in [5, 5.41) is 7.64. The minimum atomic E-state index is -0.650. The first-order valence-corrected chi connectivity index (χ1v) is 10.2. The highest BCUT2D eigenvalue weighted by Gasteiger charge is 2.16. The van der Waals surface area contributed by atoms with Gasteiger partial charge in [0, 0.05) is 20.1 Å². The first-order valence-electron chi connectivity index (χ1n) is 10.2. The number of amides is 4. The molecule has 1 atom stereocenters. The molecule has 0 bridgehead atoms. The zero-order chi connectivity index (χ0) is 23.2. The Morgan fingerprint density at radius 1 is 1.00 bits per heavy atom. The van der Waals surface area contributed by atoms with Crippen LogP contribution in [-0.2, 0) is 25.7 Å². The number of likely N-dealkylation sites (N-methyl/N-ethyl adjacent to an activating group) is 1. The molecule has 1 rings (SSSR count). The van der Waals surface area contributed by atoms with Crippen LogP contribution in [0.15, 0.2) is 30.3 Å². The average Bonchev–Trinajstić information content (AvgIpc) is 2.73. The fraction of sp³-hybridized carbons (Fsp3) is 0.524. The Labute approximate surface area is 182 Å². The largest absolute Gasteiger partial charge is 0.445 e. The Bertz CT molecular complexity index is 726. The van der Waals surface area contributed by atoms with E-state index in [0.717, 1.165) is 10.5 Å². The molecule has 31 heavy (non-hydrogen) atoms. The molecule has 0 aliphatic carbocycles. The predicted molar refractivity (Wildman–Crippen MR) is 116 cm³/mol. The summed E-state index contributed by atoms with van der Waals surface area (Å²) in [5.74, 6) is -0.871. The van der Waals surface area contributed by atoms with Crippen LogP contribution in [0.4, 0.5) is 4.79 Å².